The molecule has 4 aromatic rings. The number of nitrogens with one attached hydrogen (secondary N) is 2. The van der Waals surface area contributed by atoms with Crippen LogP contribution in [0.3, 0.4) is 0 Å². The van der Waals surface area contributed by atoms with Crippen LogP contribution in [0, 0.1) is 10.8 Å². The van der Waals surface area contributed by atoms with Gasteiger partial charge in [0, 0.05) is 39.6 Å². The van der Waals surface area contributed by atoms with Gasteiger partial charge in [-0.3, -0.25) is 9.59 Å². The number of nitrogens with zero attached hydrogens (tertiary/aromatic N) is 1. The molecule has 7 nitrogen and oxygen atoms in total. The van der Waals surface area contributed by atoms with Crippen LogP contribution < -0.4 is 11.1 Å². The van der Waals surface area contributed by atoms with Crippen molar-refractivity contribution in [2.75, 3.05) is 5.32 Å². The van der Waals surface area contributed by atoms with Crippen LogP contribution in [0.1, 0.15) is 36.9 Å². The van der Waals surface area contributed by atoms with Crippen LogP contribution in [-0.2, 0) is 4.79 Å². The molecule has 0 fully saturated rings. The van der Waals surface area contributed by atoms with E-state index < -0.39 is 5.41 Å². The second-order valence-corrected chi connectivity index (χ2v) is 10.2. The molecule has 0 bridgehead atoms. The molecule has 9 heteroatoms. The van der Waals surface area contributed by atoms with Crippen molar-refractivity contribution in [3.05, 3.63) is 76.1 Å². The highest BCUT2D eigenvalue weighted by molar-refractivity contribution is 6.34. The first-order valence-corrected chi connectivity index (χ1v) is 12.1. The maximum Gasteiger partial charge on any atom is 0.229 e. The second-order valence-electron chi connectivity index (χ2n) is 9.35. The number of nitrogens with two attached hydrogens (primary N) is 1. The summed E-state index contributed by atoms with van der Waals surface area (Å²) in [5, 5.41) is 11.6. The number of hydrogen-bond donors (Lipinski definition) is 3. The first kappa shape index (κ1) is 26.1. The Kier molecular flexibility index (Phi) is 7.21. The van der Waals surface area contributed by atoms with Gasteiger partial charge in [0.15, 0.2) is 5.76 Å². The lowest BCUT2D eigenvalue weighted by molar-refractivity contribution is -0.105. The number of Topliss-reactive ketones (excluding diaryl/α,β-unsaturated/α-hetero) is 1. The van der Waals surface area contributed by atoms with E-state index in [-0.39, 0.29) is 22.9 Å². The Morgan fingerprint density at radius 3 is 2.35 bits per heavy atom. The fourth-order valence-electron chi connectivity index (χ4n) is 3.90. The van der Waals surface area contributed by atoms with Crippen LogP contribution in [0.4, 0.5) is 5.69 Å². The number of aromatic nitrogens is 1. The predicted molar refractivity (Wildman–Crippen MR) is 149 cm³/mol. The van der Waals surface area contributed by atoms with E-state index in [4.69, 9.17) is 43.7 Å². The van der Waals surface area contributed by atoms with Crippen molar-refractivity contribution < 1.29 is 14.0 Å². The number of carbonyl (C=O) groups excluding carboxylic acids is 2. The van der Waals surface area contributed by atoms with Crippen molar-refractivity contribution >= 4 is 64.0 Å². The molecule has 0 spiro atoms. The Bertz CT molecular complexity index is 1570. The van der Waals surface area contributed by atoms with Gasteiger partial charge in [0.1, 0.15) is 5.69 Å². The van der Waals surface area contributed by atoms with Gasteiger partial charge < -0.3 is 20.9 Å². The topological polar surface area (TPSA) is 122 Å². The molecule has 0 atom stereocenters. The maximum absolute atomic E-state index is 13.1. The van der Waals surface area contributed by atoms with Gasteiger partial charge >= 0.3 is 0 Å². The van der Waals surface area contributed by atoms with E-state index in [1.165, 1.54) is 6.20 Å². The van der Waals surface area contributed by atoms with Gasteiger partial charge in [-0.15, -0.1) is 0 Å². The Balaban J connectivity index is 2.04. The van der Waals surface area contributed by atoms with Gasteiger partial charge in [-0.05, 0) is 35.4 Å². The molecule has 2 aromatic carbocycles. The number of allylic oxidation sites excluding steroid dienone is 1. The van der Waals surface area contributed by atoms with Gasteiger partial charge in [0.2, 0.25) is 17.9 Å². The first-order valence-electron chi connectivity index (χ1n) is 11.3. The summed E-state index contributed by atoms with van der Waals surface area (Å²) < 4.78 is 5.95. The highest BCUT2D eigenvalue weighted by Gasteiger charge is 2.31. The maximum atomic E-state index is 13.1. The molecule has 0 aliphatic carbocycles. The van der Waals surface area contributed by atoms with Crippen molar-refractivity contribution in [1.82, 2.24) is 4.98 Å². The van der Waals surface area contributed by atoms with Gasteiger partial charge in [-0.25, -0.2) is 4.98 Å². The summed E-state index contributed by atoms with van der Waals surface area (Å²) in [7, 11) is 0. The van der Waals surface area contributed by atoms with E-state index in [9.17, 15) is 9.59 Å². The average Bonchev–Trinajstić information content (AvgIpc) is 3.21. The zero-order valence-electron chi connectivity index (χ0n) is 20.4. The van der Waals surface area contributed by atoms with Crippen molar-refractivity contribution in [3.8, 4) is 22.4 Å². The Morgan fingerprint density at radius 1 is 1.08 bits per heavy atom. The normalized spacial score (nSPS) is 12.0. The van der Waals surface area contributed by atoms with E-state index in [0.717, 1.165) is 11.8 Å². The quantitative estimate of drug-likeness (QED) is 0.131. The van der Waals surface area contributed by atoms with E-state index >= 15 is 0 Å². The minimum Gasteiger partial charge on any atom is -0.432 e. The summed E-state index contributed by atoms with van der Waals surface area (Å²) in [6.45, 7) is 5.31. The molecule has 1 amide bonds. The molecule has 2 heterocycles. The molecule has 0 unspecified atom stereocenters. The lowest BCUT2D eigenvalue weighted by Crippen LogP contribution is -2.20. The number of hydrogen-bond acceptors (Lipinski definition) is 6. The lowest BCUT2D eigenvalue weighted by atomic mass is 9.89. The second kappa shape index (κ2) is 10.2. The van der Waals surface area contributed by atoms with Crippen LogP contribution in [-0.4, -0.2) is 23.4 Å². The molecule has 0 saturated carbocycles. The molecule has 188 valence electrons. The number of amides is 1. The molecule has 4 rings (SSSR count). The lowest BCUT2D eigenvalue weighted by Gasteiger charge is -2.15. The van der Waals surface area contributed by atoms with Crippen molar-refractivity contribution in [1.29, 1.82) is 5.41 Å². The van der Waals surface area contributed by atoms with Crippen LogP contribution >= 0.6 is 23.2 Å². The number of benzene rings is 2. The smallest absolute Gasteiger partial charge is 0.229 e. The molecule has 37 heavy (non-hydrogen) atoms. The number of rotatable bonds is 7. The Morgan fingerprint density at radius 2 is 1.78 bits per heavy atom. The number of furan rings is 1. The summed E-state index contributed by atoms with van der Waals surface area (Å²) >= 11 is 12.8. The van der Waals surface area contributed by atoms with Crippen molar-refractivity contribution in [3.63, 3.8) is 0 Å². The third-order valence-electron chi connectivity index (χ3n) is 5.82. The highest BCUT2D eigenvalue weighted by atomic mass is 35.5. The summed E-state index contributed by atoms with van der Waals surface area (Å²) in [5.74, 6) is -0.258. The van der Waals surface area contributed by atoms with Gasteiger partial charge in [0.05, 0.1) is 16.1 Å². The fourth-order valence-corrected chi connectivity index (χ4v) is 4.29. The largest absolute Gasteiger partial charge is 0.432 e. The van der Waals surface area contributed by atoms with Gasteiger partial charge in [-0.2, -0.15) is 0 Å². The number of carbonyl (C=O) groups is 2. The summed E-state index contributed by atoms with van der Waals surface area (Å²) in [4.78, 5) is 29.4. The Hall–Kier alpha value is -3.94. The van der Waals surface area contributed by atoms with E-state index in [2.05, 4.69) is 5.32 Å². The summed E-state index contributed by atoms with van der Waals surface area (Å²) in [6, 6.07) is 14.3. The zero-order chi connectivity index (χ0) is 26.9. The fraction of sp³-hybridized carbons (Fsp3) is 0.143. The minimum atomic E-state index is -0.753. The number of anilines is 1. The summed E-state index contributed by atoms with van der Waals surface area (Å²) in [6.07, 6.45) is 2.98. The van der Waals surface area contributed by atoms with E-state index in [1.54, 1.807) is 51.1 Å². The predicted octanol–water partition coefficient (Wildman–Crippen LogP) is 7.21. The van der Waals surface area contributed by atoms with Gasteiger partial charge in [-0.1, -0.05) is 68.2 Å². The number of halogens is 2. The molecule has 0 aliphatic heterocycles. The van der Waals surface area contributed by atoms with Gasteiger partial charge in [0.25, 0.3) is 0 Å². The number of fused-ring (bicyclic) bond motifs is 1. The molecule has 4 N–H and O–H groups in total. The molecule has 0 aliphatic rings. The third-order valence-corrected chi connectivity index (χ3v) is 6.39. The van der Waals surface area contributed by atoms with Crippen LogP contribution in [0.5, 0.6) is 0 Å². The standard InChI is InChI=1S/C28H24Cl2N4O3/c1-28(2,3)26(36)25-24(33-14-35)21-11-20(15-4-7-18(29)8-5-15)23(34-27(21)37-25)19-9-6-16(10-22(19)30)17(12-31)13-32/h4-14,31H,32H2,1-3H3,(H,33,35)/b17-13+,31-12?. The molecular weight excluding hydrogens is 511 g/mol. The minimum absolute atomic E-state index is 0.0199. The number of ketones is 1. The van der Waals surface area contributed by atoms with E-state index in [0.29, 0.717) is 49.8 Å². The Labute approximate surface area is 223 Å². The molecule has 0 saturated heterocycles. The molecule has 2 aromatic heterocycles. The van der Waals surface area contributed by atoms with Crippen LogP contribution in [0.25, 0.3) is 39.1 Å². The summed E-state index contributed by atoms with van der Waals surface area (Å²) in [5.41, 5.74) is 9.07. The third kappa shape index (κ3) is 5.01. The monoisotopic (exact) mass is 534 g/mol. The average molecular weight is 535 g/mol. The number of pyridine rings is 1. The van der Waals surface area contributed by atoms with Crippen molar-refractivity contribution in [2.24, 2.45) is 11.1 Å². The van der Waals surface area contributed by atoms with E-state index in [1.807, 2.05) is 18.2 Å². The van der Waals surface area contributed by atoms with Crippen LogP contribution in [0.15, 0.2) is 59.1 Å². The zero-order valence-corrected chi connectivity index (χ0v) is 21.9. The van der Waals surface area contributed by atoms with Crippen LogP contribution in [0.2, 0.25) is 10.0 Å². The molecule has 0 radical (unpaired) electrons. The highest BCUT2D eigenvalue weighted by Crippen LogP contribution is 2.42. The SMILES string of the molecule is CC(C)(C)C(=O)c1oc2nc(-c3ccc(/C(C=N)=C/N)cc3Cl)c(-c3ccc(Cl)cc3)cc2c1NC=O. The molecular formula is C28H24Cl2N4O3. The first-order chi connectivity index (χ1) is 17.6. The van der Waals surface area contributed by atoms with Crippen molar-refractivity contribution in [2.45, 2.75) is 20.8 Å².